The van der Waals surface area contributed by atoms with Gasteiger partial charge in [0.15, 0.2) is 5.83 Å². The summed E-state index contributed by atoms with van der Waals surface area (Å²) in [5, 5.41) is 10.7. The Morgan fingerprint density at radius 2 is 1.92 bits per heavy atom. The molecule has 1 aromatic heterocycles. The third-order valence-electron chi connectivity index (χ3n) is 11.6. The van der Waals surface area contributed by atoms with Crippen molar-refractivity contribution in [2.24, 2.45) is 22.7 Å². The summed E-state index contributed by atoms with van der Waals surface area (Å²) in [4.78, 5) is 10.6. The Hall–Kier alpha value is -3.28. The molecule has 2 saturated heterocycles. The number of fused-ring (bicyclic) bond motifs is 2. The smallest absolute Gasteiger partial charge is 0.206 e. The van der Waals surface area contributed by atoms with E-state index in [4.69, 9.17) is 9.73 Å². The number of halogens is 2. The van der Waals surface area contributed by atoms with Crippen LogP contribution in [0.15, 0.2) is 58.8 Å². The van der Waals surface area contributed by atoms with Gasteiger partial charge in [-0.15, -0.1) is 11.3 Å². The standard InChI is InChI=1S/C43H58F2N4OS/c1-11-28(7)14-19-37(26(3)4)49(12-2)30(9)32-15-16-34(33-17-18-36(44)42-38(33)35(23-46)41(51-42)27(5)6)39(45)40(32)47-31(10)50-25-43-20-13-21-48(43)24-29(8)22-43/h15-18,26-29,37H,10-14,19-22,24-25H2,1-9H3/b32-30+,47-40+. The van der Waals surface area contributed by atoms with Crippen LogP contribution in [-0.2, 0) is 4.74 Å². The van der Waals surface area contributed by atoms with Crippen LogP contribution in [0.5, 0.6) is 0 Å². The maximum atomic E-state index is 17.4. The van der Waals surface area contributed by atoms with E-state index in [1.54, 1.807) is 12.1 Å². The molecule has 3 aliphatic rings. The molecule has 0 N–H and O–H groups in total. The number of thiophene rings is 1. The molecule has 0 spiro atoms. The van der Waals surface area contributed by atoms with Crippen molar-refractivity contribution in [2.75, 3.05) is 26.2 Å². The lowest BCUT2D eigenvalue weighted by Gasteiger charge is -2.38. The van der Waals surface area contributed by atoms with Crippen molar-refractivity contribution in [3.63, 3.8) is 0 Å². The number of nitriles is 1. The Balaban J connectivity index is 1.62. The molecule has 2 fully saturated rings. The van der Waals surface area contributed by atoms with Gasteiger partial charge in [-0.2, -0.15) is 5.26 Å². The maximum Gasteiger partial charge on any atom is 0.206 e. The first kappa shape index (κ1) is 38.9. The average Bonchev–Trinajstić information content (AvgIpc) is 3.77. The van der Waals surface area contributed by atoms with Crippen LogP contribution in [0.1, 0.15) is 123 Å². The molecule has 4 unspecified atom stereocenters. The summed E-state index contributed by atoms with van der Waals surface area (Å²) in [6, 6.07) is 5.56. The van der Waals surface area contributed by atoms with Crippen LogP contribution >= 0.6 is 11.3 Å². The van der Waals surface area contributed by atoms with E-state index < -0.39 is 11.6 Å². The molecule has 0 amide bonds. The second-order valence-electron chi connectivity index (χ2n) is 15.9. The summed E-state index contributed by atoms with van der Waals surface area (Å²) in [6.07, 6.45) is 10.3. The van der Waals surface area contributed by atoms with Gasteiger partial charge in [-0.05, 0) is 94.4 Å². The molecule has 1 aromatic carbocycles. The first-order valence-corrected chi connectivity index (χ1v) is 19.9. The Morgan fingerprint density at radius 3 is 2.57 bits per heavy atom. The fourth-order valence-corrected chi connectivity index (χ4v) is 9.87. The summed E-state index contributed by atoms with van der Waals surface area (Å²) in [6.45, 7) is 27.1. The number of nitrogens with zero attached hydrogens (tertiary/aromatic N) is 4. The van der Waals surface area contributed by atoms with E-state index >= 15 is 8.78 Å². The molecular formula is C43H58F2N4OS. The summed E-state index contributed by atoms with van der Waals surface area (Å²) in [5.41, 5.74) is 2.93. The SMILES string of the molecule is C=C(/N=C1/C(F)=C(c2ccc(F)c3sc(C(C)C)c(C#N)c23)C=C/C1=C(/C)N(CC)C(CCC(C)CC)C(C)C)OCC12CCCN1CC(C)C2. The Morgan fingerprint density at radius 1 is 1.18 bits per heavy atom. The van der Waals surface area contributed by atoms with Crippen LogP contribution in [0.3, 0.4) is 0 Å². The van der Waals surface area contributed by atoms with Gasteiger partial charge in [0, 0.05) is 46.2 Å². The lowest BCUT2D eigenvalue weighted by Crippen LogP contribution is -2.42. The Labute approximate surface area is 309 Å². The Kier molecular flexibility index (Phi) is 12.3. The molecule has 5 rings (SSSR count). The molecule has 51 heavy (non-hydrogen) atoms. The predicted octanol–water partition coefficient (Wildman–Crippen LogP) is 11.5. The van der Waals surface area contributed by atoms with E-state index in [0.29, 0.717) is 51.1 Å². The third kappa shape index (κ3) is 7.76. The second kappa shape index (κ2) is 16.2. The first-order chi connectivity index (χ1) is 24.3. The van der Waals surface area contributed by atoms with Crippen molar-refractivity contribution in [3.05, 3.63) is 75.7 Å². The molecular weight excluding hydrogens is 659 g/mol. The van der Waals surface area contributed by atoms with Gasteiger partial charge < -0.3 is 9.64 Å². The molecule has 8 heteroatoms. The fraction of sp³-hybridized carbons (Fsp3) is 0.581. The van der Waals surface area contributed by atoms with Crippen molar-refractivity contribution in [2.45, 2.75) is 118 Å². The van der Waals surface area contributed by atoms with E-state index in [9.17, 15) is 5.26 Å². The van der Waals surface area contributed by atoms with Gasteiger partial charge in [0.1, 0.15) is 24.2 Å². The quantitative estimate of drug-likeness (QED) is 0.183. The van der Waals surface area contributed by atoms with E-state index in [-0.39, 0.29) is 34.7 Å². The largest absolute Gasteiger partial charge is 0.476 e. The minimum Gasteiger partial charge on any atom is -0.476 e. The number of aliphatic imine (C=N–C) groups is 1. The van der Waals surface area contributed by atoms with Crippen LogP contribution in [0, 0.1) is 34.9 Å². The van der Waals surface area contributed by atoms with Crippen LogP contribution in [0.25, 0.3) is 15.7 Å². The number of allylic oxidation sites excluding steroid dienone is 6. The minimum atomic E-state index is -0.530. The van der Waals surface area contributed by atoms with Gasteiger partial charge in [-0.3, -0.25) is 4.90 Å². The highest BCUT2D eigenvalue weighted by molar-refractivity contribution is 7.19. The molecule has 5 nitrogen and oxygen atoms in total. The molecule has 0 saturated carbocycles. The predicted molar refractivity (Wildman–Crippen MR) is 210 cm³/mol. The summed E-state index contributed by atoms with van der Waals surface area (Å²) in [5.74, 6) is 0.883. The lowest BCUT2D eigenvalue weighted by atomic mass is 9.88. The van der Waals surface area contributed by atoms with Crippen LogP contribution < -0.4 is 0 Å². The van der Waals surface area contributed by atoms with Gasteiger partial charge in [0.05, 0.1) is 15.8 Å². The minimum absolute atomic E-state index is 0.0205. The van der Waals surface area contributed by atoms with Gasteiger partial charge >= 0.3 is 0 Å². The summed E-state index contributed by atoms with van der Waals surface area (Å²) >= 11 is 1.28. The topological polar surface area (TPSA) is 51.9 Å². The maximum absolute atomic E-state index is 17.4. The van der Waals surface area contributed by atoms with Crippen molar-refractivity contribution in [1.29, 1.82) is 5.26 Å². The molecule has 2 aliphatic heterocycles. The zero-order valence-electron chi connectivity index (χ0n) is 32.3. The zero-order valence-corrected chi connectivity index (χ0v) is 33.2. The molecule has 4 atom stereocenters. The van der Waals surface area contributed by atoms with Crippen LogP contribution in [-0.4, -0.2) is 53.3 Å². The van der Waals surface area contributed by atoms with E-state index in [0.717, 1.165) is 68.7 Å². The highest BCUT2D eigenvalue weighted by Gasteiger charge is 2.47. The fourth-order valence-electron chi connectivity index (χ4n) is 8.69. The van der Waals surface area contributed by atoms with Gasteiger partial charge in [-0.1, -0.05) is 73.1 Å². The van der Waals surface area contributed by atoms with E-state index in [1.165, 1.54) is 17.4 Å². The Bertz CT molecular complexity index is 1790. The number of hydrogen-bond donors (Lipinski definition) is 0. The molecule has 2 aromatic rings. The van der Waals surface area contributed by atoms with Gasteiger partial charge in [-0.25, -0.2) is 13.8 Å². The van der Waals surface area contributed by atoms with Gasteiger partial charge in [0.2, 0.25) is 5.88 Å². The molecule has 0 bridgehead atoms. The van der Waals surface area contributed by atoms with Crippen molar-refractivity contribution in [1.82, 2.24) is 9.80 Å². The molecule has 1 aliphatic carbocycles. The average molecular weight is 717 g/mol. The number of benzene rings is 1. The number of hydrogen-bond acceptors (Lipinski definition) is 6. The van der Waals surface area contributed by atoms with Crippen LogP contribution in [0.2, 0.25) is 0 Å². The molecule has 276 valence electrons. The third-order valence-corrected chi connectivity index (χ3v) is 13.1. The highest BCUT2D eigenvalue weighted by atomic mass is 32.1. The normalized spacial score (nSPS) is 23.8. The van der Waals surface area contributed by atoms with E-state index in [2.05, 4.69) is 70.9 Å². The number of ether oxygens (including phenoxy) is 1. The monoisotopic (exact) mass is 716 g/mol. The van der Waals surface area contributed by atoms with Gasteiger partial charge in [0.25, 0.3) is 0 Å². The van der Waals surface area contributed by atoms with E-state index in [1.807, 2.05) is 19.9 Å². The number of rotatable bonds is 14. The first-order valence-electron chi connectivity index (χ1n) is 19.1. The zero-order chi connectivity index (χ0) is 37.2. The summed E-state index contributed by atoms with van der Waals surface area (Å²) < 4.78 is 39.4. The second-order valence-corrected chi connectivity index (χ2v) is 16.9. The molecule has 0 radical (unpaired) electrons. The van der Waals surface area contributed by atoms with Crippen molar-refractivity contribution < 1.29 is 13.5 Å². The summed E-state index contributed by atoms with van der Waals surface area (Å²) in [7, 11) is 0. The van der Waals surface area contributed by atoms with Crippen molar-refractivity contribution >= 4 is 32.7 Å². The van der Waals surface area contributed by atoms with Crippen LogP contribution in [0.4, 0.5) is 8.78 Å². The highest BCUT2D eigenvalue weighted by Crippen LogP contribution is 2.44. The lowest BCUT2D eigenvalue weighted by molar-refractivity contribution is 0.0727. The van der Waals surface area contributed by atoms with Crippen molar-refractivity contribution in [3.8, 4) is 6.07 Å². The molecule has 3 heterocycles.